The molecule has 1 saturated heterocycles. The summed E-state index contributed by atoms with van der Waals surface area (Å²) in [5, 5.41) is 2.60. The first-order chi connectivity index (χ1) is 13.3. The van der Waals surface area contributed by atoms with Gasteiger partial charge in [0.05, 0.1) is 12.2 Å². The van der Waals surface area contributed by atoms with Crippen molar-refractivity contribution in [2.75, 3.05) is 6.54 Å². The monoisotopic (exact) mass is 380 g/mol. The second kappa shape index (κ2) is 7.80. The Kier molecular flexibility index (Phi) is 5.44. The third-order valence-electron chi connectivity index (χ3n) is 4.61. The number of amides is 4. The molecule has 0 bridgehead atoms. The minimum absolute atomic E-state index is 0.294. The Morgan fingerprint density at radius 2 is 1.79 bits per heavy atom. The average molecular weight is 380 g/mol. The van der Waals surface area contributed by atoms with Crippen molar-refractivity contribution >= 4 is 17.8 Å². The number of nitrogens with zero attached hydrogens (tertiary/aromatic N) is 3. The highest BCUT2D eigenvalue weighted by Gasteiger charge is 2.45. The van der Waals surface area contributed by atoms with Crippen LogP contribution < -0.4 is 5.32 Å². The maximum absolute atomic E-state index is 13.0. The van der Waals surface area contributed by atoms with Gasteiger partial charge >= 0.3 is 6.03 Å². The highest BCUT2D eigenvalue weighted by atomic mass is 16.2. The lowest BCUT2D eigenvalue weighted by atomic mass is 10.1. The molecule has 1 aromatic heterocycles. The van der Waals surface area contributed by atoms with Gasteiger partial charge in [-0.25, -0.2) is 4.79 Å². The number of carbonyl (C=O) groups excluding carboxylic acids is 3. The normalized spacial score (nSPS) is 15.5. The second-order valence-electron chi connectivity index (χ2n) is 7.45. The molecule has 1 aliphatic heterocycles. The lowest BCUT2D eigenvalue weighted by Crippen LogP contribution is -2.44. The molecule has 1 N–H and O–H groups in total. The molecule has 7 heteroatoms. The number of aromatic nitrogens is 1. The van der Waals surface area contributed by atoms with Crippen LogP contribution in [0.2, 0.25) is 0 Å². The van der Waals surface area contributed by atoms with E-state index < -0.39 is 17.5 Å². The van der Waals surface area contributed by atoms with E-state index in [1.807, 2.05) is 55.5 Å². The number of imide groups is 1. The van der Waals surface area contributed by atoms with Crippen molar-refractivity contribution in [2.24, 2.45) is 0 Å². The van der Waals surface area contributed by atoms with E-state index in [4.69, 9.17) is 0 Å². The van der Waals surface area contributed by atoms with E-state index in [1.165, 1.54) is 0 Å². The summed E-state index contributed by atoms with van der Waals surface area (Å²) in [6.07, 6.45) is 0. The molecule has 2 heterocycles. The van der Waals surface area contributed by atoms with E-state index in [1.54, 1.807) is 18.7 Å². The number of carbonyl (C=O) groups is 3. The molecule has 0 aliphatic carbocycles. The van der Waals surface area contributed by atoms with Gasteiger partial charge in [0, 0.05) is 12.2 Å². The first-order valence-electron chi connectivity index (χ1n) is 9.14. The van der Waals surface area contributed by atoms with Gasteiger partial charge in [-0.2, -0.15) is 0 Å². The molecule has 0 atom stereocenters. The van der Waals surface area contributed by atoms with Gasteiger partial charge in [0.2, 0.25) is 5.91 Å². The minimum Gasteiger partial charge on any atom is -0.331 e. The van der Waals surface area contributed by atoms with E-state index in [-0.39, 0.29) is 12.5 Å². The molecule has 0 saturated carbocycles. The Bertz CT molecular complexity index is 896. The molecular weight excluding hydrogens is 356 g/mol. The Morgan fingerprint density at radius 3 is 2.39 bits per heavy atom. The van der Waals surface area contributed by atoms with E-state index in [2.05, 4.69) is 10.3 Å². The number of benzene rings is 1. The largest absolute Gasteiger partial charge is 0.331 e. The number of urea groups is 1. The Hall–Kier alpha value is -3.22. The fourth-order valence-electron chi connectivity index (χ4n) is 3.12. The summed E-state index contributed by atoms with van der Waals surface area (Å²) in [5.74, 6) is -0.715. The van der Waals surface area contributed by atoms with Crippen LogP contribution in [0.3, 0.4) is 0 Å². The smallest absolute Gasteiger partial charge is 0.325 e. The SMILES string of the molecule is Cc1cccc(CN(Cc2ccccc2)C(=O)CN2C(=O)NC(C)(C)C2=O)n1. The molecule has 0 unspecified atom stereocenters. The van der Waals surface area contributed by atoms with E-state index in [0.717, 1.165) is 21.9 Å². The molecule has 1 aliphatic rings. The van der Waals surface area contributed by atoms with Crippen LogP contribution in [0.5, 0.6) is 0 Å². The predicted octanol–water partition coefficient (Wildman–Crippen LogP) is 2.25. The van der Waals surface area contributed by atoms with Crippen LogP contribution in [-0.2, 0) is 22.7 Å². The van der Waals surface area contributed by atoms with Gasteiger partial charge in [-0.05, 0) is 38.5 Å². The topological polar surface area (TPSA) is 82.6 Å². The third kappa shape index (κ3) is 4.36. The van der Waals surface area contributed by atoms with Gasteiger partial charge < -0.3 is 10.2 Å². The second-order valence-corrected chi connectivity index (χ2v) is 7.45. The summed E-state index contributed by atoms with van der Waals surface area (Å²) in [4.78, 5) is 44.6. The summed E-state index contributed by atoms with van der Waals surface area (Å²) in [6.45, 7) is 5.49. The number of nitrogens with one attached hydrogen (secondary N) is 1. The van der Waals surface area contributed by atoms with Crippen molar-refractivity contribution in [3.8, 4) is 0 Å². The highest BCUT2D eigenvalue weighted by molar-refractivity contribution is 6.08. The fourth-order valence-corrected chi connectivity index (χ4v) is 3.12. The zero-order chi connectivity index (χ0) is 20.3. The summed E-state index contributed by atoms with van der Waals surface area (Å²) in [5.41, 5.74) is 1.57. The van der Waals surface area contributed by atoms with Crippen LogP contribution in [0, 0.1) is 6.92 Å². The molecular formula is C21H24N4O3. The van der Waals surface area contributed by atoms with Crippen molar-refractivity contribution < 1.29 is 14.4 Å². The van der Waals surface area contributed by atoms with Crippen molar-refractivity contribution in [3.63, 3.8) is 0 Å². The molecule has 146 valence electrons. The molecule has 7 nitrogen and oxygen atoms in total. The summed E-state index contributed by atoms with van der Waals surface area (Å²) in [6, 6.07) is 14.7. The van der Waals surface area contributed by atoms with Gasteiger partial charge in [0.25, 0.3) is 5.91 Å². The van der Waals surface area contributed by atoms with Crippen LogP contribution in [0.15, 0.2) is 48.5 Å². The van der Waals surface area contributed by atoms with E-state index in [0.29, 0.717) is 13.1 Å². The first kappa shape index (κ1) is 19.5. The van der Waals surface area contributed by atoms with E-state index in [9.17, 15) is 14.4 Å². The average Bonchev–Trinajstić information content (AvgIpc) is 2.83. The minimum atomic E-state index is -1.00. The predicted molar refractivity (Wildman–Crippen MR) is 104 cm³/mol. The van der Waals surface area contributed by atoms with Crippen molar-refractivity contribution in [1.82, 2.24) is 20.1 Å². The number of aryl methyl sites for hydroxylation is 1. The number of hydrogen-bond donors (Lipinski definition) is 1. The van der Waals surface area contributed by atoms with E-state index >= 15 is 0 Å². The molecule has 0 radical (unpaired) electrons. The fraction of sp³-hybridized carbons (Fsp3) is 0.333. The standard InChI is InChI=1S/C21H24N4O3/c1-15-8-7-11-17(22-15)13-24(12-16-9-5-4-6-10-16)18(26)14-25-19(27)21(2,3)23-20(25)28/h4-11H,12-14H2,1-3H3,(H,23,28). The van der Waals surface area contributed by atoms with Crippen LogP contribution >= 0.6 is 0 Å². The zero-order valence-electron chi connectivity index (χ0n) is 16.3. The molecule has 3 rings (SSSR count). The summed E-state index contributed by atoms with van der Waals surface area (Å²) >= 11 is 0. The molecule has 1 fully saturated rings. The maximum Gasteiger partial charge on any atom is 0.325 e. The van der Waals surface area contributed by atoms with Crippen LogP contribution in [-0.4, -0.2) is 44.7 Å². The maximum atomic E-state index is 13.0. The first-order valence-corrected chi connectivity index (χ1v) is 9.14. The van der Waals surface area contributed by atoms with Gasteiger partial charge in [-0.15, -0.1) is 0 Å². The van der Waals surface area contributed by atoms with Crippen LogP contribution in [0.4, 0.5) is 4.79 Å². The van der Waals surface area contributed by atoms with Crippen LogP contribution in [0.25, 0.3) is 0 Å². The van der Waals surface area contributed by atoms with Crippen LogP contribution in [0.1, 0.15) is 30.8 Å². The number of rotatable bonds is 6. The zero-order valence-corrected chi connectivity index (χ0v) is 16.3. The van der Waals surface area contributed by atoms with Gasteiger partial charge in [-0.3, -0.25) is 19.5 Å². The lowest BCUT2D eigenvalue weighted by Gasteiger charge is -2.25. The quantitative estimate of drug-likeness (QED) is 0.779. The van der Waals surface area contributed by atoms with Gasteiger partial charge in [0.1, 0.15) is 12.1 Å². The molecule has 1 aromatic carbocycles. The van der Waals surface area contributed by atoms with Gasteiger partial charge in [-0.1, -0.05) is 36.4 Å². The highest BCUT2D eigenvalue weighted by Crippen LogP contribution is 2.17. The summed E-state index contributed by atoms with van der Waals surface area (Å²) < 4.78 is 0. The summed E-state index contributed by atoms with van der Waals surface area (Å²) in [7, 11) is 0. The number of hydrogen-bond acceptors (Lipinski definition) is 4. The Labute approximate surface area is 164 Å². The Balaban J connectivity index is 1.80. The van der Waals surface area contributed by atoms with Gasteiger partial charge in [0.15, 0.2) is 0 Å². The van der Waals surface area contributed by atoms with Crippen molar-refractivity contribution in [2.45, 2.75) is 39.4 Å². The number of pyridine rings is 1. The molecule has 4 amide bonds. The molecule has 2 aromatic rings. The molecule has 28 heavy (non-hydrogen) atoms. The van der Waals surface area contributed by atoms with Crippen molar-refractivity contribution in [3.05, 3.63) is 65.5 Å². The van der Waals surface area contributed by atoms with Crippen molar-refractivity contribution in [1.29, 1.82) is 0 Å². The lowest BCUT2D eigenvalue weighted by molar-refractivity contribution is -0.139. The third-order valence-corrected chi connectivity index (χ3v) is 4.61. The Morgan fingerprint density at radius 1 is 1.07 bits per heavy atom. The molecule has 0 spiro atoms.